The molecule has 0 fully saturated rings. The number of carbonyl (C=O) groups excluding carboxylic acids is 2. The summed E-state index contributed by atoms with van der Waals surface area (Å²) in [5, 5.41) is 0. The van der Waals surface area contributed by atoms with Gasteiger partial charge >= 0.3 is 384 Å². The molecule has 2 atom stereocenters. The van der Waals surface area contributed by atoms with Crippen LogP contribution in [0.2, 0.25) is 0 Å². The first-order valence-corrected chi connectivity index (χ1v) is 27.5. The molecule has 4 nitrogen and oxygen atoms in total. The molecule has 0 aliphatic heterocycles. The van der Waals surface area contributed by atoms with Gasteiger partial charge in [-0.25, -0.2) is 0 Å². The number of nitrogens with zero attached hydrogens (tertiary/aromatic N) is 2. The van der Waals surface area contributed by atoms with Crippen LogP contribution in [0.15, 0.2) is 68.5 Å². The van der Waals surface area contributed by atoms with E-state index in [4.69, 9.17) is 0 Å². The molecule has 0 saturated carbocycles. The fourth-order valence-electron chi connectivity index (χ4n) is 10.2. The summed E-state index contributed by atoms with van der Waals surface area (Å²) in [5.74, 6) is -3.60. The van der Waals surface area contributed by atoms with Crippen LogP contribution in [0.5, 0.6) is 0 Å². The molecule has 9 heteroatoms. The predicted molar refractivity (Wildman–Crippen MR) is 254 cm³/mol. The quantitative estimate of drug-likeness (QED) is 0.0697. The minimum absolute atomic E-state index is 0.0631. The molecule has 0 radical (unpaired) electrons. The zero-order chi connectivity index (χ0) is 46.5. The van der Waals surface area contributed by atoms with Crippen LogP contribution in [0.3, 0.4) is 0 Å². The van der Waals surface area contributed by atoms with Crippen molar-refractivity contribution in [1.29, 1.82) is 0 Å². The van der Waals surface area contributed by atoms with Crippen LogP contribution in [0.1, 0.15) is 172 Å². The molecule has 348 valence electrons. The van der Waals surface area contributed by atoms with Gasteiger partial charge in [-0.2, -0.15) is 0 Å². The number of hydrogen-bond acceptors (Lipinski definition) is 2. The first-order valence-electron chi connectivity index (χ1n) is 24.3. The topological polar surface area (TPSA) is 40.6 Å². The number of carbonyl (C=O) groups is 2. The molecule has 0 N–H and O–H groups in total. The third kappa shape index (κ3) is 11.8. The summed E-state index contributed by atoms with van der Waals surface area (Å²) in [6, 6.07) is 5.09. The summed E-state index contributed by atoms with van der Waals surface area (Å²) in [6.07, 6.45) is 23.2. The van der Waals surface area contributed by atoms with E-state index in [2.05, 4.69) is 27.7 Å². The summed E-state index contributed by atoms with van der Waals surface area (Å²) in [7, 11) is 0. The van der Waals surface area contributed by atoms with E-state index in [0.717, 1.165) is 64.2 Å². The molecule has 0 spiro atoms. The van der Waals surface area contributed by atoms with Crippen LogP contribution in [-0.2, 0) is 26.2 Å². The van der Waals surface area contributed by atoms with Crippen LogP contribution in [0, 0.1) is 45.9 Å². The molecule has 0 bridgehead atoms. The van der Waals surface area contributed by atoms with Gasteiger partial charge in [-0.05, 0) is 0 Å². The number of allylic oxidation sites excluding steroid dienone is 8. The maximum atomic E-state index is 18.5. The Hall–Kier alpha value is -3.23. The molecule has 2 aromatic rings. The number of anilines is 2. The van der Waals surface area contributed by atoms with Crippen LogP contribution < -0.4 is 17.5 Å². The second-order valence-corrected chi connectivity index (χ2v) is 25.4. The molecule has 0 saturated heterocycles. The normalized spacial score (nSPS) is 15.1. The van der Waals surface area contributed by atoms with Gasteiger partial charge in [0.1, 0.15) is 0 Å². The second-order valence-electron chi connectivity index (χ2n) is 19.5. The molecule has 2 unspecified atom stereocenters. The van der Waals surface area contributed by atoms with Gasteiger partial charge in [-0.15, -0.1) is 0 Å². The third-order valence-corrected chi connectivity index (χ3v) is 21.9. The van der Waals surface area contributed by atoms with Crippen LogP contribution >= 0.6 is 0 Å². The van der Waals surface area contributed by atoms with Gasteiger partial charge in [0.25, 0.3) is 0 Å². The first-order chi connectivity index (χ1) is 30.0. The number of amides is 2. The van der Waals surface area contributed by atoms with Crippen molar-refractivity contribution >= 4 is 30.9 Å². The Morgan fingerprint density at radius 2 is 0.968 bits per heavy atom. The average Bonchev–Trinajstić information content (AvgIpc) is 4.00. The van der Waals surface area contributed by atoms with E-state index >= 15 is 17.6 Å². The zero-order valence-corrected chi connectivity index (χ0v) is 41.9. The van der Waals surface area contributed by atoms with E-state index in [0.29, 0.717) is 45.3 Å². The fraction of sp³-hybridized carbons (Fsp3) is 0.593. The summed E-state index contributed by atoms with van der Waals surface area (Å²) >= 11 is -5.36. The van der Waals surface area contributed by atoms with Gasteiger partial charge in [-0.1, -0.05) is 0 Å². The predicted octanol–water partition coefficient (Wildman–Crippen LogP) is 14.6. The Bertz CT molecular complexity index is 1860. The van der Waals surface area contributed by atoms with Crippen molar-refractivity contribution < 1.29 is 43.7 Å². The summed E-state index contributed by atoms with van der Waals surface area (Å²) in [6.45, 7) is 20.5. The summed E-state index contributed by atoms with van der Waals surface area (Å²) in [5.41, 5.74) is -1.83. The molecule has 0 heterocycles. The van der Waals surface area contributed by atoms with E-state index < -0.39 is 50.7 Å². The Morgan fingerprint density at radius 1 is 0.587 bits per heavy atom. The Balaban J connectivity index is 2.10. The number of rotatable bonds is 26. The van der Waals surface area contributed by atoms with Gasteiger partial charge in [0, 0.05) is 0 Å². The first kappa shape index (κ1) is 52.4. The van der Waals surface area contributed by atoms with Gasteiger partial charge in [0.2, 0.25) is 0 Å². The van der Waals surface area contributed by atoms with Crippen LogP contribution in [-0.4, -0.2) is 24.9 Å². The van der Waals surface area contributed by atoms with Crippen molar-refractivity contribution in [3.05, 3.63) is 91.7 Å². The molecular weight excluding hydrogens is 832 g/mol. The molecular formula is C54H78F4N2O2Ti. The molecule has 4 rings (SSSR count). The molecule has 2 amide bonds. The van der Waals surface area contributed by atoms with Gasteiger partial charge in [0.05, 0.1) is 0 Å². The standard InChI is InChI=1S/2C22H34F2NO.2C5H5.Ti/c2*1-6-9-10-17(8-3)13-15-25(21(26)22(4,5)14-7-2)20-12-11-18(23)16-19(20)24;2*1-2-4-5-3-1;/h2*11-12,17H,6-10,13-15H2,1-5H3;2*1-3H,4H2;. The summed E-state index contributed by atoms with van der Waals surface area (Å²) < 4.78 is 72.2. The van der Waals surface area contributed by atoms with Gasteiger partial charge < -0.3 is 0 Å². The molecule has 0 aromatic heterocycles. The minimum atomic E-state index is -5.36. The number of unbranched alkanes of at least 4 members (excludes halogenated alkanes) is 2. The van der Waals surface area contributed by atoms with Crippen LogP contribution in [0.4, 0.5) is 28.9 Å². The van der Waals surface area contributed by atoms with E-state index in [1.807, 2.05) is 53.7 Å². The van der Waals surface area contributed by atoms with Crippen molar-refractivity contribution in [2.75, 3.05) is 22.9 Å². The number of hydrogen-bond donors (Lipinski definition) is 0. The van der Waals surface area contributed by atoms with Crippen molar-refractivity contribution in [2.24, 2.45) is 22.7 Å². The molecule has 2 aromatic carbocycles. The van der Waals surface area contributed by atoms with Gasteiger partial charge in [0.15, 0.2) is 0 Å². The average molecular weight is 911 g/mol. The Labute approximate surface area is 382 Å². The molecule has 63 heavy (non-hydrogen) atoms. The van der Waals surface area contributed by atoms with E-state index in [1.54, 1.807) is 24.3 Å². The third-order valence-electron chi connectivity index (χ3n) is 14.0. The van der Waals surface area contributed by atoms with E-state index in [-0.39, 0.29) is 56.9 Å². The van der Waals surface area contributed by atoms with E-state index in [1.165, 1.54) is 34.1 Å². The fourth-order valence-corrected chi connectivity index (χ4v) is 18.4. The van der Waals surface area contributed by atoms with Crippen LogP contribution in [0.25, 0.3) is 0 Å². The van der Waals surface area contributed by atoms with Crippen molar-refractivity contribution in [2.45, 2.75) is 172 Å². The number of halogens is 4. The maximum absolute atomic E-state index is 18.5. The Kier molecular flexibility index (Phi) is 19.8. The summed E-state index contributed by atoms with van der Waals surface area (Å²) in [4.78, 5) is 32.5. The SMILES string of the molecule is CCCCC(CC)CCN(C(=O)C(C)(C)CCC)c1ccc(F)[c]([Ti]([C]2=CC=CC2)([C]2=CC=CC2)[c]2c(F)ccc(N(CCC(CC)CCCC)C(=O)C(C)(C)CCC)c2F)c1F. The van der Waals surface area contributed by atoms with Gasteiger partial charge in [-0.3, -0.25) is 0 Å². The second kappa shape index (κ2) is 23.8. The van der Waals surface area contributed by atoms with Crippen molar-refractivity contribution in [1.82, 2.24) is 0 Å². The monoisotopic (exact) mass is 911 g/mol. The molecule has 2 aliphatic carbocycles. The zero-order valence-electron chi connectivity index (χ0n) is 40.4. The number of benzene rings is 2. The van der Waals surface area contributed by atoms with Crippen molar-refractivity contribution in [3.8, 4) is 0 Å². The Morgan fingerprint density at radius 3 is 1.27 bits per heavy atom. The molecule has 2 aliphatic rings. The van der Waals surface area contributed by atoms with Crippen molar-refractivity contribution in [3.63, 3.8) is 0 Å². The van der Waals surface area contributed by atoms with E-state index in [9.17, 15) is 9.59 Å².